The van der Waals surface area contributed by atoms with E-state index in [0.29, 0.717) is 34.8 Å². The number of nitrogens with one attached hydrogen (secondary N) is 1. The lowest BCUT2D eigenvalue weighted by Gasteiger charge is -2.30. The fourth-order valence-electron chi connectivity index (χ4n) is 3.63. The van der Waals surface area contributed by atoms with Crippen molar-refractivity contribution in [1.82, 2.24) is 9.29 Å². The third-order valence-corrected chi connectivity index (χ3v) is 9.70. The normalized spacial score (nSPS) is 18.2. The molecule has 160 valence electrons. The minimum atomic E-state index is -3.64. The number of para-hydroxylation sites is 1. The first-order valence-electron chi connectivity index (χ1n) is 9.71. The quantitative estimate of drug-likeness (QED) is 0.542. The summed E-state index contributed by atoms with van der Waals surface area (Å²) in [5.41, 5.74) is 2.06. The van der Waals surface area contributed by atoms with E-state index in [1.54, 1.807) is 6.07 Å². The summed E-state index contributed by atoms with van der Waals surface area (Å²) in [5, 5.41) is 3.46. The lowest BCUT2D eigenvalue weighted by Crippen LogP contribution is -2.43. The number of halogens is 1. The summed E-state index contributed by atoms with van der Waals surface area (Å²) in [4.78, 5) is 17.5. The van der Waals surface area contributed by atoms with Crippen LogP contribution in [0, 0.1) is 5.92 Å². The van der Waals surface area contributed by atoms with Gasteiger partial charge in [0, 0.05) is 13.1 Å². The average Bonchev–Trinajstić information content (AvgIpc) is 3.33. The van der Waals surface area contributed by atoms with Gasteiger partial charge in [0.1, 0.15) is 4.21 Å². The highest BCUT2D eigenvalue weighted by Crippen LogP contribution is 2.33. The van der Waals surface area contributed by atoms with Gasteiger partial charge in [0.15, 0.2) is 5.13 Å². The summed E-state index contributed by atoms with van der Waals surface area (Å²) in [6.45, 7) is 4.79. The van der Waals surface area contributed by atoms with Crippen molar-refractivity contribution in [1.29, 1.82) is 0 Å². The van der Waals surface area contributed by atoms with E-state index in [2.05, 4.69) is 30.2 Å². The summed E-state index contributed by atoms with van der Waals surface area (Å²) in [5.74, 6) is -0.271. The molecule has 4 rings (SSSR count). The lowest BCUT2D eigenvalue weighted by molar-refractivity contribution is -0.120. The van der Waals surface area contributed by atoms with Crippen LogP contribution < -0.4 is 5.32 Å². The highest BCUT2D eigenvalue weighted by atomic mass is 35.5. The van der Waals surface area contributed by atoms with Gasteiger partial charge in [0.25, 0.3) is 10.0 Å². The minimum Gasteiger partial charge on any atom is -0.302 e. The fraction of sp³-hybridized carbons (Fsp3) is 0.400. The van der Waals surface area contributed by atoms with Crippen molar-refractivity contribution in [2.45, 2.75) is 36.8 Å². The number of nitrogens with zero attached hydrogens (tertiary/aromatic N) is 2. The van der Waals surface area contributed by atoms with E-state index in [9.17, 15) is 13.2 Å². The van der Waals surface area contributed by atoms with E-state index in [1.807, 2.05) is 12.1 Å². The van der Waals surface area contributed by atoms with Crippen molar-refractivity contribution in [3.05, 3.63) is 40.2 Å². The zero-order valence-electron chi connectivity index (χ0n) is 16.6. The maximum atomic E-state index is 12.9. The Morgan fingerprint density at radius 2 is 2.07 bits per heavy atom. The Bertz CT molecular complexity index is 1190. The van der Waals surface area contributed by atoms with Crippen molar-refractivity contribution in [3.8, 4) is 0 Å². The molecule has 3 aromatic rings. The molecule has 1 atom stereocenters. The molecule has 1 N–H and O–H groups in total. The molecule has 1 fully saturated rings. The Hall–Kier alpha value is -1.52. The molecule has 0 aliphatic carbocycles. The number of thiazole rings is 1. The Kier molecular flexibility index (Phi) is 6.18. The van der Waals surface area contributed by atoms with Crippen LogP contribution in [0.2, 0.25) is 4.34 Å². The molecular formula is C20H22ClN3O3S3. The minimum absolute atomic E-state index is 0.159. The second-order valence-electron chi connectivity index (χ2n) is 7.62. The van der Waals surface area contributed by atoms with Crippen LogP contribution >= 0.6 is 34.3 Å². The van der Waals surface area contributed by atoms with Gasteiger partial charge in [0.2, 0.25) is 5.91 Å². The van der Waals surface area contributed by atoms with Crippen LogP contribution in [0.25, 0.3) is 10.2 Å². The van der Waals surface area contributed by atoms with Crippen molar-refractivity contribution >= 4 is 65.6 Å². The molecule has 1 unspecified atom stereocenters. The van der Waals surface area contributed by atoms with Gasteiger partial charge in [-0.05, 0) is 42.5 Å². The molecule has 1 amide bonds. The molecule has 1 aliphatic heterocycles. The van der Waals surface area contributed by atoms with E-state index >= 15 is 0 Å². The van der Waals surface area contributed by atoms with Gasteiger partial charge in [-0.15, -0.1) is 11.3 Å². The van der Waals surface area contributed by atoms with E-state index in [4.69, 9.17) is 11.6 Å². The molecule has 0 radical (unpaired) electrons. The summed E-state index contributed by atoms with van der Waals surface area (Å²) < 4.78 is 28.8. The molecule has 6 nitrogen and oxygen atoms in total. The van der Waals surface area contributed by atoms with E-state index in [-0.39, 0.29) is 16.7 Å². The third-order valence-electron chi connectivity index (χ3n) is 5.20. The maximum absolute atomic E-state index is 12.9. The largest absolute Gasteiger partial charge is 0.302 e. The molecular weight excluding hydrogens is 462 g/mol. The highest BCUT2D eigenvalue weighted by Gasteiger charge is 2.34. The number of benzene rings is 1. The van der Waals surface area contributed by atoms with Crippen molar-refractivity contribution < 1.29 is 13.2 Å². The zero-order valence-corrected chi connectivity index (χ0v) is 19.8. The average molecular weight is 484 g/mol. The fourth-order valence-corrected chi connectivity index (χ4v) is 7.70. The number of piperidine rings is 1. The van der Waals surface area contributed by atoms with Gasteiger partial charge in [-0.25, -0.2) is 13.4 Å². The van der Waals surface area contributed by atoms with Crippen LogP contribution in [0.1, 0.15) is 38.2 Å². The first-order chi connectivity index (χ1) is 14.3. The predicted octanol–water partition coefficient (Wildman–Crippen LogP) is 5.17. The number of fused-ring (bicyclic) bond motifs is 1. The molecule has 0 saturated carbocycles. The summed E-state index contributed by atoms with van der Waals surface area (Å²) in [6, 6.07) is 9.14. The third kappa shape index (κ3) is 4.27. The van der Waals surface area contributed by atoms with Crippen molar-refractivity contribution in [2.75, 3.05) is 18.4 Å². The van der Waals surface area contributed by atoms with Crippen LogP contribution in [0.5, 0.6) is 0 Å². The maximum Gasteiger partial charge on any atom is 0.252 e. The van der Waals surface area contributed by atoms with Gasteiger partial charge < -0.3 is 5.32 Å². The number of hydrogen-bond donors (Lipinski definition) is 1. The van der Waals surface area contributed by atoms with E-state index in [0.717, 1.165) is 27.1 Å². The second-order valence-corrected chi connectivity index (χ2v) is 12.5. The van der Waals surface area contributed by atoms with Crippen molar-refractivity contribution in [3.63, 3.8) is 0 Å². The lowest BCUT2D eigenvalue weighted by atomic mass is 9.99. The molecule has 0 bridgehead atoms. The topological polar surface area (TPSA) is 79.4 Å². The Morgan fingerprint density at radius 3 is 2.77 bits per heavy atom. The summed E-state index contributed by atoms with van der Waals surface area (Å²) >= 11 is 8.38. The number of anilines is 1. The molecule has 10 heteroatoms. The zero-order chi connectivity index (χ0) is 21.5. The van der Waals surface area contributed by atoms with Crippen LogP contribution in [-0.4, -0.2) is 36.7 Å². The number of amides is 1. The first-order valence-corrected chi connectivity index (χ1v) is 13.2. The first kappa shape index (κ1) is 21.7. The Balaban J connectivity index is 1.50. The van der Waals surface area contributed by atoms with Crippen molar-refractivity contribution in [2.24, 2.45) is 5.92 Å². The molecule has 3 heterocycles. The molecule has 30 heavy (non-hydrogen) atoms. The summed E-state index contributed by atoms with van der Waals surface area (Å²) in [6.07, 6.45) is 1.28. The van der Waals surface area contributed by atoms with E-state index < -0.39 is 15.9 Å². The summed E-state index contributed by atoms with van der Waals surface area (Å²) in [7, 11) is -3.64. The molecule has 1 aromatic carbocycles. The standard InChI is InChI=1S/C20H22ClN3O3S3/c1-12(2)14-6-3-7-15-18(14)22-20(28-15)23-19(25)13-5-4-10-24(11-13)30(26,27)17-9-8-16(21)29-17/h3,6-9,12-13H,4-5,10-11H2,1-2H3,(H,22,23,25). The van der Waals surface area contributed by atoms with Gasteiger partial charge in [0.05, 0.1) is 20.5 Å². The van der Waals surface area contributed by atoms with Gasteiger partial charge in [-0.3, -0.25) is 4.79 Å². The number of hydrogen-bond acceptors (Lipinski definition) is 6. The van der Waals surface area contributed by atoms with Gasteiger partial charge >= 0.3 is 0 Å². The van der Waals surface area contributed by atoms with Crippen LogP contribution in [-0.2, 0) is 14.8 Å². The highest BCUT2D eigenvalue weighted by molar-refractivity contribution is 7.91. The van der Waals surface area contributed by atoms with Crippen LogP contribution in [0.3, 0.4) is 0 Å². The number of carbonyl (C=O) groups is 1. The molecule has 0 spiro atoms. The van der Waals surface area contributed by atoms with E-state index in [1.165, 1.54) is 21.7 Å². The number of carbonyl (C=O) groups excluding carboxylic acids is 1. The number of sulfonamides is 1. The second kappa shape index (κ2) is 8.55. The predicted molar refractivity (Wildman–Crippen MR) is 123 cm³/mol. The van der Waals surface area contributed by atoms with Gasteiger partial charge in [-0.2, -0.15) is 4.31 Å². The number of rotatable bonds is 5. The molecule has 1 aliphatic rings. The SMILES string of the molecule is CC(C)c1cccc2sc(NC(=O)C3CCCN(S(=O)(=O)c4ccc(Cl)s4)C3)nc12. The van der Waals surface area contributed by atoms with Crippen LogP contribution in [0.4, 0.5) is 5.13 Å². The number of aromatic nitrogens is 1. The smallest absolute Gasteiger partial charge is 0.252 e. The van der Waals surface area contributed by atoms with Gasteiger partial charge in [-0.1, -0.05) is 48.9 Å². The number of thiophene rings is 1. The Labute approximate surface area is 188 Å². The molecule has 1 saturated heterocycles. The Morgan fingerprint density at radius 1 is 1.27 bits per heavy atom. The van der Waals surface area contributed by atoms with Crippen LogP contribution in [0.15, 0.2) is 34.5 Å². The monoisotopic (exact) mass is 483 g/mol. The molecule has 2 aromatic heterocycles.